The lowest BCUT2D eigenvalue weighted by Gasteiger charge is -2.28. The second-order valence-corrected chi connectivity index (χ2v) is 3.19. The van der Waals surface area contributed by atoms with Crippen LogP contribution in [0, 0.1) is 11.3 Å². The lowest BCUT2D eigenvalue weighted by Crippen LogP contribution is -2.51. The lowest BCUT2D eigenvalue weighted by molar-refractivity contribution is 0.472. The highest BCUT2D eigenvalue weighted by atomic mass is 35.5. The van der Waals surface area contributed by atoms with Gasteiger partial charge in [-0.05, 0) is 18.2 Å². The van der Waals surface area contributed by atoms with Gasteiger partial charge in [-0.25, -0.2) is 0 Å². The molecule has 0 unspecified atom stereocenters. The molecule has 15 heavy (non-hydrogen) atoms. The first-order valence-corrected chi connectivity index (χ1v) is 4.36. The van der Waals surface area contributed by atoms with E-state index in [2.05, 4.69) is 16.7 Å². The smallest absolute Gasteiger partial charge is 0.0992 e. The van der Waals surface area contributed by atoms with Gasteiger partial charge in [-0.15, -0.1) is 24.8 Å². The Labute approximate surface area is 102 Å². The minimum absolute atomic E-state index is 0. The molecule has 0 bridgehead atoms. The van der Waals surface area contributed by atoms with Crippen molar-refractivity contribution in [2.75, 3.05) is 18.4 Å². The fourth-order valence-corrected chi connectivity index (χ4v) is 1.30. The van der Waals surface area contributed by atoms with Crippen LogP contribution in [0.5, 0.6) is 0 Å². The van der Waals surface area contributed by atoms with Crippen molar-refractivity contribution >= 4 is 30.5 Å². The lowest BCUT2D eigenvalue weighted by atomic mass is 10.1. The SMILES string of the molecule is Cl.Cl.N#Cc1cccc(NC2CNC2)c1. The molecule has 2 N–H and O–H groups in total. The van der Waals surface area contributed by atoms with Crippen LogP contribution in [-0.2, 0) is 0 Å². The largest absolute Gasteiger partial charge is 0.380 e. The number of halogens is 2. The van der Waals surface area contributed by atoms with Gasteiger partial charge >= 0.3 is 0 Å². The molecule has 1 aromatic carbocycles. The third-order valence-electron chi connectivity index (χ3n) is 2.14. The van der Waals surface area contributed by atoms with E-state index in [-0.39, 0.29) is 24.8 Å². The highest BCUT2D eigenvalue weighted by Crippen LogP contribution is 2.12. The summed E-state index contributed by atoms with van der Waals surface area (Å²) in [5.41, 5.74) is 1.74. The zero-order valence-electron chi connectivity index (χ0n) is 8.06. The molecule has 3 nitrogen and oxygen atoms in total. The van der Waals surface area contributed by atoms with Crippen LogP contribution in [0.15, 0.2) is 24.3 Å². The minimum Gasteiger partial charge on any atom is -0.380 e. The topological polar surface area (TPSA) is 47.9 Å². The summed E-state index contributed by atoms with van der Waals surface area (Å²) < 4.78 is 0. The number of hydrogen-bond acceptors (Lipinski definition) is 3. The highest BCUT2D eigenvalue weighted by Gasteiger charge is 2.15. The van der Waals surface area contributed by atoms with Gasteiger partial charge in [0.2, 0.25) is 0 Å². The fraction of sp³-hybridized carbons (Fsp3) is 0.300. The molecule has 1 fully saturated rings. The highest BCUT2D eigenvalue weighted by molar-refractivity contribution is 5.85. The van der Waals surface area contributed by atoms with E-state index >= 15 is 0 Å². The fourth-order valence-electron chi connectivity index (χ4n) is 1.30. The summed E-state index contributed by atoms with van der Waals surface area (Å²) in [4.78, 5) is 0. The maximum absolute atomic E-state index is 8.68. The van der Waals surface area contributed by atoms with E-state index in [1.165, 1.54) is 0 Å². The van der Waals surface area contributed by atoms with E-state index in [0.29, 0.717) is 11.6 Å². The van der Waals surface area contributed by atoms with Crippen LogP contribution in [-0.4, -0.2) is 19.1 Å². The number of nitriles is 1. The number of hydrogen-bond donors (Lipinski definition) is 2. The summed E-state index contributed by atoms with van der Waals surface area (Å²) in [6.45, 7) is 2.02. The average Bonchev–Trinajstić information content (AvgIpc) is 2.12. The van der Waals surface area contributed by atoms with Crippen LogP contribution in [0.1, 0.15) is 5.56 Å². The molecule has 1 heterocycles. The van der Waals surface area contributed by atoms with Gasteiger partial charge in [-0.3, -0.25) is 0 Å². The molecule has 82 valence electrons. The second-order valence-electron chi connectivity index (χ2n) is 3.19. The van der Waals surface area contributed by atoms with Crippen molar-refractivity contribution in [3.8, 4) is 6.07 Å². The van der Waals surface area contributed by atoms with Crippen molar-refractivity contribution in [1.29, 1.82) is 5.26 Å². The number of benzene rings is 1. The van der Waals surface area contributed by atoms with Crippen LogP contribution >= 0.6 is 24.8 Å². The van der Waals surface area contributed by atoms with E-state index in [0.717, 1.165) is 18.8 Å². The summed E-state index contributed by atoms with van der Waals surface area (Å²) in [5.74, 6) is 0. The molecule has 0 amide bonds. The maximum Gasteiger partial charge on any atom is 0.0992 e. The van der Waals surface area contributed by atoms with Gasteiger partial charge in [0, 0.05) is 18.8 Å². The molecular formula is C10H13Cl2N3. The Kier molecular flexibility index (Phi) is 6.11. The van der Waals surface area contributed by atoms with Gasteiger partial charge in [-0.2, -0.15) is 5.26 Å². The first-order valence-electron chi connectivity index (χ1n) is 4.36. The monoisotopic (exact) mass is 245 g/mol. The van der Waals surface area contributed by atoms with Gasteiger partial charge in [0.15, 0.2) is 0 Å². The van der Waals surface area contributed by atoms with Gasteiger partial charge in [0.25, 0.3) is 0 Å². The third-order valence-corrected chi connectivity index (χ3v) is 2.14. The number of anilines is 1. The van der Waals surface area contributed by atoms with Crippen molar-refractivity contribution < 1.29 is 0 Å². The number of rotatable bonds is 2. The van der Waals surface area contributed by atoms with E-state index in [9.17, 15) is 0 Å². The first-order chi connectivity index (χ1) is 6.38. The minimum atomic E-state index is 0. The summed E-state index contributed by atoms with van der Waals surface area (Å²) in [6.07, 6.45) is 0. The molecule has 0 spiro atoms. The molecule has 2 rings (SSSR count). The number of nitrogens with one attached hydrogen (secondary N) is 2. The Morgan fingerprint density at radius 3 is 2.60 bits per heavy atom. The van der Waals surface area contributed by atoms with Crippen LogP contribution in [0.4, 0.5) is 5.69 Å². The Bertz CT molecular complexity index is 345. The Morgan fingerprint density at radius 2 is 2.07 bits per heavy atom. The molecule has 5 heteroatoms. The molecule has 1 aliphatic heterocycles. The van der Waals surface area contributed by atoms with Gasteiger partial charge in [0.1, 0.15) is 0 Å². The molecule has 0 saturated carbocycles. The van der Waals surface area contributed by atoms with Crippen LogP contribution in [0.25, 0.3) is 0 Å². The van der Waals surface area contributed by atoms with Gasteiger partial charge in [-0.1, -0.05) is 6.07 Å². The summed E-state index contributed by atoms with van der Waals surface area (Å²) >= 11 is 0. The quantitative estimate of drug-likeness (QED) is 0.836. The summed E-state index contributed by atoms with van der Waals surface area (Å²) in [6, 6.07) is 10.2. The molecule has 0 aliphatic carbocycles. The van der Waals surface area contributed by atoms with E-state index < -0.39 is 0 Å². The van der Waals surface area contributed by atoms with E-state index in [4.69, 9.17) is 5.26 Å². The predicted octanol–water partition coefficient (Wildman–Crippen LogP) is 1.79. The normalized spacial score (nSPS) is 13.8. The standard InChI is InChI=1S/C10H11N3.2ClH/c11-5-8-2-1-3-9(4-8)13-10-6-12-7-10;;/h1-4,10,12-13H,6-7H2;2*1H. The molecule has 0 atom stereocenters. The van der Waals surface area contributed by atoms with Crippen molar-refractivity contribution in [3.05, 3.63) is 29.8 Å². The maximum atomic E-state index is 8.68. The molecular weight excluding hydrogens is 233 g/mol. The van der Waals surface area contributed by atoms with Crippen molar-refractivity contribution in [2.45, 2.75) is 6.04 Å². The van der Waals surface area contributed by atoms with Gasteiger partial charge in [0.05, 0.1) is 17.7 Å². The summed E-state index contributed by atoms with van der Waals surface area (Å²) in [7, 11) is 0. The Balaban J connectivity index is 0.000000980. The van der Waals surface area contributed by atoms with E-state index in [1.807, 2.05) is 24.3 Å². The molecule has 1 aromatic rings. The Morgan fingerprint density at radius 1 is 1.33 bits per heavy atom. The van der Waals surface area contributed by atoms with Crippen molar-refractivity contribution in [1.82, 2.24) is 5.32 Å². The molecule has 1 aliphatic rings. The molecule has 1 saturated heterocycles. The van der Waals surface area contributed by atoms with Gasteiger partial charge < -0.3 is 10.6 Å². The zero-order valence-corrected chi connectivity index (χ0v) is 9.70. The van der Waals surface area contributed by atoms with Crippen LogP contribution in [0.3, 0.4) is 0 Å². The van der Waals surface area contributed by atoms with Crippen LogP contribution < -0.4 is 10.6 Å². The van der Waals surface area contributed by atoms with Crippen molar-refractivity contribution in [3.63, 3.8) is 0 Å². The number of nitrogens with zero attached hydrogens (tertiary/aromatic N) is 1. The summed E-state index contributed by atoms with van der Waals surface area (Å²) in [5, 5.41) is 15.2. The molecule has 0 aromatic heterocycles. The van der Waals surface area contributed by atoms with Crippen LogP contribution in [0.2, 0.25) is 0 Å². The van der Waals surface area contributed by atoms with E-state index in [1.54, 1.807) is 0 Å². The predicted molar refractivity (Wildman–Crippen MR) is 65.9 cm³/mol. The first kappa shape index (κ1) is 14.1. The second kappa shape index (κ2) is 6.52. The average molecular weight is 246 g/mol. The third kappa shape index (κ3) is 3.60. The van der Waals surface area contributed by atoms with Crippen molar-refractivity contribution in [2.24, 2.45) is 0 Å². The molecule has 0 radical (unpaired) electrons. The Hall–Kier alpha value is -0.950. The zero-order chi connectivity index (χ0) is 9.10.